The summed E-state index contributed by atoms with van der Waals surface area (Å²) in [5.74, 6) is -1.69. The summed E-state index contributed by atoms with van der Waals surface area (Å²) in [5.41, 5.74) is -4.99. The van der Waals surface area contributed by atoms with Gasteiger partial charge in [0.2, 0.25) is 0 Å². The smallest absolute Gasteiger partial charge is 0.434 e. The average molecular weight is 366 g/mol. The number of halogens is 6. The van der Waals surface area contributed by atoms with Crippen LogP contribution < -0.4 is 10.6 Å². The van der Waals surface area contributed by atoms with Gasteiger partial charge in [0.15, 0.2) is 0 Å². The first-order valence-corrected chi connectivity index (χ1v) is 6.85. The van der Waals surface area contributed by atoms with E-state index in [0.717, 1.165) is 23.7 Å². The summed E-state index contributed by atoms with van der Waals surface area (Å²) in [6.45, 7) is -0.902. The number of alkyl halides is 6. The molecule has 2 N–H and O–H groups in total. The summed E-state index contributed by atoms with van der Waals surface area (Å²) in [7, 11) is 0. The van der Waals surface area contributed by atoms with Crippen LogP contribution in [-0.4, -0.2) is 23.9 Å². The Labute approximate surface area is 137 Å². The zero-order valence-electron chi connectivity index (χ0n) is 12.4. The largest absolute Gasteiger partial charge is 0.468 e. The predicted molar refractivity (Wildman–Crippen MR) is 74.3 cm³/mol. The third-order valence-electron chi connectivity index (χ3n) is 3.30. The van der Waals surface area contributed by atoms with Gasteiger partial charge in [-0.3, -0.25) is 10.1 Å². The molecule has 0 fully saturated rings. The second kappa shape index (κ2) is 6.79. The van der Waals surface area contributed by atoms with Crippen molar-refractivity contribution in [2.24, 2.45) is 0 Å². The fourth-order valence-electron chi connectivity index (χ4n) is 2.01. The van der Waals surface area contributed by atoms with Crippen LogP contribution in [0.3, 0.4) is 0 Å². The Morgan fingerprint density at radius 3 is 2.00 bits per heavy atom. The van der Waals surface area contributed by atoms with Gasteiger partial charge < -0.3 is 9.73 Å². The van der Waals surface area contributed by atoms with E-state index in [2.05, 4.69) is 0 Å². The van der Waals surface area contributed by atoms with E-state index in [-0.39, 0.29) is 11.3 Å². The summed E-state index contributed by atoms with van der Waals surface area (Å²) in [5, 5.41) is 2.39. The van der Waals surface area contributed by atoms with Crippen molar-refractivity contribution in [1.82, 2.24) is 10.6 Å². The molecule has 1 aromatic heterocycles. The van der Waals surface area contributed by atoms with Gasteiger partial charge in [0.25, 0.3) is 11.6 Å². The van der Waals surface area contributed by atoms with Gasteiger partial charge in [-0.1, -0.05) is 18.2 Å². The lowest BCUT2D eigenvalue weighted by Crippen LogP contribution is -2.75. The lowest BCUT2D eigenvalue weighted by atomic mass is 10.1. The lowest BCUT2D eigenvalue weighted by Gasteiger charge is -2.38. The standard InChI is InChI=1S/C15H12F6N2O2/c16-14(17,18)13(15(19,20)21,22-9-11-7-4-8-25-11)23-12(24)10-5-2-1-3-6-10/h1-8,22H,9H2,(H,23,24). The summed E-state index contributed by atoms with van der Waals surface area (Å²) in [4.78, 5) is 11.9. The normalized spacial score (nSPS) is 12.9. The molecule has 1 heterocycles. The number of carbonyl (C=O) groups excluding carboxylic acids is 1. The van der Waals surface area contributed by atoms with Gasteiger partial charge in [-0.15, -0.1) is 0 Å². The molecule has 0 aliphatic carbocycles. The first-order chi connectivity index (χ1) is 11.6. The average Bonchev–Trinajstić information content (AvgIpc) is 3.03. The Balaban J connectivity index is 2.37. The molecule has 10 heteroatoms. The topological polar surface area (TPSA) is 54.3 Å². The number of rotatable bonds is 5. The van der Waals surface area contributed by atoms with Crippen LogP contribution in [0.15, 0.2) is 53.1 Å². The molecule has 0 radical (unpaired) electrons. The first kappa shape index (κ1) is 18.8. The summed E-state index contributed by atoms with van der Waals surface area (Å²) >= 11 is 0. The molecule has 25 heavy (non-hydrogen) atoms. The van der Waals surface area contributed by atoms with Crippen molar-refractivity contribution in [3.8, 4) is 0 Å². The Hall–Kier alpha value is -2.49. The van der Waals surface area contributed by atoms with Gasteiger partial charge in [0.1, 0.15) is 5.76 Å². The number of nitrogens with one attached hydrogen (secondary N) is 2. The fourth-order valence-corrected chi connectivity index (χ4v) is 2.01. The molecule has 2 aromatic rings. The lowest BCUT2D eigenvalue weighted by molar-refractivity contribution is -0.315. The zero-order valence-corrected chi connectivity index (χ0v) is 12.4. The number of hydrogen-bond donors (Lipinski definition) is 2. The molecule has 136 valence electrons. The Kier molecular flexibility index (Phi) is 5.12. The molecule has 0 bridgehead atoms. The van der Waals surface area contributed by atoms with Crippen LogP contribution >= 0.6 is 0 Å². The van der Waals surface area contributed by atoms with Crippen LogP contribution in [0.2, 0.25) is 0 Å². The van der Waals surface area contributed by atoms with E-state index in [1.54, 1.807) is 0 Å². The maximum absolute atomic E-state index is 13.3. The van der Waals surface area contributed by atoms with Gasteiger partial charge in [-0.2, -0.15) is 26.3 Å². The van der Waals surface area contributed by atoms with E-state index >= 15 is 0 Å². The molecular formula is C15H12F6N2O2. The molecule has 0 saturated carbocycles. The molecule has 0 aliphatic heterocycles. The van der Waals surface area contributed by atoms with E-state index < -0.39 is 30.5 Å². The monoisotopic (exact) mass is 366 g/mol. The minimum atomic E-state index is -5.86. The van der Waals surface area contributed by atoms with E-state index in [0.29, 0.717) is 0 Å². The van der Waals surface area contributed by atoms with Gasteiger partial charge in [0, 0.05) is 5.56 Å². The first-order valence-electron chi connectivity index (χ1n) is 6.85. The van der Waals surface area contributed by atoms with Crippen molar-refractivity contribution >= 4 is 5.91 Å². The maximum Gasteiger partial charge on any atom is 0.434 e. The Morgan fingerprint density at radius 2 is 1.52 bits per heavy atom. The molecular weight excluding hydrogens is 354 g/mol. The van der Waals surface area contributed by atoms with Crippen molar-refractivity contribution in [2.45, 2.75) is 24.6 Å². The molecule has 4 nitrogen and oxygen atoms in total. The number of carbonyl (C=O) groups is 1. The van der Waals surface area contributed by atoms with Gasteiger partial charge >= 0.3 is 12.4 Å². The van der Waals surface area contributed by atoms with Crippen LogP contribution in [0.25, 0.3) is 0 Å². The van der Waals surface area contributed by atoms with E-state index in [9.17, 15) is 31.1 Å². The number of hydrogen-bond acceptors (Lipinski definition) is 3. The predicted octanol–water partition coefficient (Wildman–Crippen LogP) is 3.62. The SMILES string of the molecule is O=C(NC(NCc1ccco1)(C(F)(F)F)C(F)(F)F)c1ccccc1. The fraction of sp³-hybridized carbons (Fsp3) is 0.267. The highest BCUT2D eigenvalue weighted by Gasteiger charge is 2.72. The second-order valence-corrected chi connectivity index (χ2v) is 5.00. The zero-order chi connectivity index (χ0) is 18.7. The molecule has 1 amide bonds. The summed E-state index contributed by atoms with van der Waals surface area (Å²) < 4.78 is 84.8. The third-order valence-corrected chi connectivity index (χ3v) is 3.30. The third kappa shape index (κ3) is 3.95. The van der Waals surface area contributed by atoms with Gasteiger partial charge in [-0.25, -0.2) is 0 Å². The molecule has 0 atom stereocenters. The molecule has 0 saturated heterocycles. The van der Waals surface area contributed by atoms with Crippen molar-refractivity contribution < 1.29 is 35.6 Å². The quantitative estimate of drug-likeness (QED) is 0.628. The van der Waals surface area contributed by atoms with Crippen molar-refractivity contribution in [1.29, 1.82) is 0 Å². The summed E-state index contributed by atoms with van der Waals surface area (Å²) in [6, 6.07) is 8.79. The molecule has 0 unspecified atom stereocenters. The van der Waals surface area contributed by atoms with Crippen molar-refractivity contribution in [3.63, 3.8) is 0 Å². The van der Waals surface area contributed by atoms with E-state index in [1.165, 1.54) is 35.6 Å². The molecule has 1 aromatic carbocycles. The Morgan fingerprint density at radius 1 is 0.920 bits per heavy atom. The Bertz CT molecular complexity index is 681. The van der Waals surface area contributed by atoms with Crippen LogP contribution in [0.5, 0.6) is 0 Å². The highest BCUT2D eigenvalue weighted by atomic mass is 19.4. The summed E-state index contributed by atoms with van der Waals surface area (Å²) in [6.07, 6.45) is -10.6. The van der Waals surface area contributed by atoms with Gasteiger partial charge in [0.05, 0.1) is 12.8 Å². The van der Waals surface area contributed by atoms with Crippen LogP contribution in [0, 0.1) is 0 Å². The maximum atomic E-state index is 13.3. The number of amides is 1. The molecule has 2 rings (SSSR count). The van der Waals surface area contributed by atoms with Gasteiger partial charge in [-0.05, 0) is 24.3 Å². The van der Waals surface area contributed by atoms with Crippen molar-refractivity contribution in [3.05, 3.63) is 60.1 Å². The minimum absolute atomic E-state index is 0.160. The highest BCUT2D eigenvalue weighted by molar-refractivity contribution is 5.94. The second-order valence-electron chi connectivity index (χ2n) is 5.00. The number of benzene rings is 1. The molecule has 0 aliphatic rings. The van der Waals surface area contributed by atoms with Crippen LogP contribution in [-0.2, 0) is 6.54 Å². The molecule has 0 spiro atoms. The van der Waals surface area contributed by atoms with Crippen LogP contribution in [0.4, 0.5) is 26.3 Å². The van der Waals surface area contributed by atoms with E-state index in [4.69, 9.17) is 4.42 Å². The number of furan rings is 1. The van der Waals surface area contributed by atoms with E-state index in [1.807, 2.05) is 0 Å². The van der Waals surface area contributed by atoms with Crippen LogP contribution in [0.1, 0.15) is 16.1 Å². The highest BCUT2D eigenvalue weighted by Crippen LogP contribution is 2.41. The minimum Gasteiger partial charge on any atom is -0.468 e. The van der Waals surface area contributed by atoms with Crippen molar-refractivity contribution in [2.75, 3.05) is 0 Å².